The molecule has 3 atom stereocenters. The van der Waals surface area contributed by atoms with E-state index in [0.717, 1.165) is 24.8 Å². The van der Waals surface area contributed by atoms with Crippen molar-refractivity contribution >= 4 is 5.91 Å². The van der Waals surface area contributed by atoms with E-state index in [4.69, 9.17) is 0 Å². The molecule has 3 nitrogen and oxygen atoms in total. The highest BCUT2D eigenvalue weighted by molar-refractivity contribution is 5.81. The van der Waals surface area contributed by atoms with Crippen molar-refractivity contribution in [2.24, 2.45) is 23.2 Å². The second-order valence-corrected chi connectivity index (χ2v) is 6.24. The first-order valence-corrected chi connectivity index (χ1v) is 6.59. The van der Waals surface area contributed by atoms with E-state index in [1.807, 2.05) is 6.92 Å². The van der Waals surface area contributed by atoms with E-state index in [1.54, 1.807) is 7.05 Å². The summed E-state index contributed by atoms with van der Waals surface area (Å²) in [5, 5.41) is 11.9. The van der Waals surface area contributed by atoms with Gasteiger partial charge in [0.1, 0.15) is 5.92 Å². The molecule has 1 unspecified atom stereocenters. The van der Waals surface area contributed by atoms with Gasteiger partial charge in [-0.25, -0.2) is 0 Å². The Morgan fingerprint density at radius 1 is 1.56 bits per heavy atom. The molecule has 1 fully saturated rings. The first kappa shape index (κ1) is 14.8. The molecule has 0 heterocycles. The summed E-state index contributed by atoms with van der Waals surface area (Å²) in [4.78, 5) is 11.9. The van der Waals surface area contributed by atoms with Gasteiger partial charge in [0.05, 0.1) is 6.07 Å². The number of allylic oxidation sites excluding steroid dienone is 1. The van der Waals surface area contributed by atoms with Gasteiger partial charge in [0.15, 0.2) is 0 Å². The molecule has 1 aliphatic carbocycles. The van der Waals surface area contributed by atoms with Crippen molar-refractivity contribution in [2.45, 2.75) is 40.0 Å². The van der Waals surface area contributed by atoms with Crippen molar-refractivity contribution in [1.82, 2.24) is 5.32 Å². The zero-order valence-corrected chi connectivity index (χ0v) is 11.9. The number of carbonyl (C=O) groups is 1. The molecule has 1 rings (SSSR count). The van der Waals surface area contributed by atoms with E-state index in [1.165, 1.54) is 0 Å². The van der Waals surface area contributed by atoms with Crippen LogP contribution < -0.4 is 5.32 Å². The number of hydrogen-bond acceptors (Lipinski definition) is 2. The fourth-order valence-electron chi connectivity index (χ4n) is 3.11. The van der Waals surface area contributed by atoms with Gasteiger partial charge < -0.3 is 5.32 Å². The van der Waals surface area contributed by atoms with Crippen LogP contribution in [0, 0.1) is 34.5 Å². The number of nitrogens with one attached hydrogen (secondary N) is 1. The van der Waals surface area contributed by atoms with Crippen LogP contribution in [0.1, 0.15) is 40.0 Å². The molecule has 1 N–H and O–H groups in total. The molecule has 0 radical (unpaired) electrons. The van der Waals surface area contributed by atoms with Crippen molar-refractivity contribution in [3.63, 3.8) is 0 Å². The van der Waals surface area contributed by atoms with Gasteiger partial charge in [-0.15, -0.1) is 0 Å². The summed E-state index contributed by atoms with van der Waals surface area (Å²) in [6, 6.07) is 2.19. The molecule has 1 saturated carbocycles. The molecule has 100 valence electrons. The Bertz CT molecular complexity index is 378. The largest absolute Gasteiger partial charge is 0.358 e. The third-order valence-corrected chi connectivity index (χ3v) is 4.17. The summed E-state index contributed by atoms with van der Waals surface area (Å²) in [6.45, 7) is 10.5. The average molecular weight is 248 g/mol. The Morgan fingerprint density at radius 3 is 2.61 bits per heavy atom. The van der Waals surface area contributed by atoms with Crippen LogP contribution in [0.15, 0.2) is 12.2 Å². The van der Waals surface area contributed by atoms with Gasteiger partial charge in [-0.05, 0) is 43.4 Å². The fraction of sp³-hybridized carbons (Fsp3) is 0.733. The van der Waals surface area contributed by atoms with E-state index < -0.39 is 5.92 Å². The maximum atomic E-state index is 11.9. The first-order valence-electron chi connectivity index (χ1n) is 6.59. The van der Waals surface area contributed by atoms with Gasteiger partial charge in [0.25, 0.3) is 0 Å². The van der Waals surface area contributed by atoms with E-state index in [2.05, 4.69) is 31.8 Å². The fourth-order valence-corrected chi connectivity index (χ4v) is 3.11. The number of carbonyl (C=O) groups excluding carboxylic acids is 1. The minimum atomic E-state index is -0.559. The summed E-state index contributed by atoms with van der Waals surface area (Å²) < 4.78 is 0. The van der Waals surface area contributed by atoms with Crippen molar-refractivity contribution < 1.29 is 4.79 Å². The van der Waals surface area contributed by atoms with E-state index >= 15 is 0 Å². The first-order chi connectivity index (χ1) is 8.32. The summed E-state index contributed by atoms with van der Waals surface area (Å²) >= 11 is 0. The Balaban J connectivity index is 3.00. The molecular formula is C15H24N2O. The van der Waals surface area contributed by atoms with Gasteiger partial charge in [-0.1, -0.05) is 26.0 Å². The van der Waals surface area contributed by atoms with Crippen LogP contribution in [0.2, 0.25) is 0 Å². The number of hydrogen-bond donors (Lipinski definition) is 1. The molecule has 0 aromatic heterocycles. The van der Waals surface area contributed by atoms with Gasteiger partial charge in [-0.3, -0.25) is 4.79 Å². The maximum Gasteiger partial charge on any atom is 0.237 e. The zero-order chi connectivity index (χ0) is 13.9. The Hall–Kier alpha value is -1.30. The molecule has 0 aromatic rings. The van der Waals surface area contributed by atoms with Crippen LogP contribution in [0.3, 0.4) is 0 Å². The smallest absolute Gasteiger partial charge is 0.237 e. The average Bonchev–Trinajstić information content (AvgIpc) is 2.28. The predicted octanol–water partition coefficient (Wildman–Crippen LogP) is 2.89. The topological polar surface area (TPSA) is 52.9 Å². The summed E-state index contributed by atoms with van der Waals surface area (Å²) in [7, 11) is 1.59. The van der Waals surface area contributed by atoms with E-state index in [0.29, 0.717) is 5.92 Å². The molecule has 1 amide bonds. The van der Waals surface area contributed by atoms with Crippen molar-refractivity contribution in [2.75, 3.05) is 7.05 Å². The van der Waals surface area contributed by atoms with Gasteiger partial charge in [0.2, 0.25) is 5.91 Å². The summed E-state index contributed by atoms with van der Waals surface area (Å²) in [5.41, 5.74) is 1.30. The summed E-state index contributed by atoms with van der Waals surface area (Å²) in [5.74, 6) is -0.334. The lowest BCUT2D eigenvalue weighted by Gasteiger charge is -2.42. The highest BCUT2D eigenvalue weighted by Gasteiger charge is 2.41. The second-order valence-electron chi connectivity index (χ2n) is 6.24. The molecule has 0 aromatic carbocycles. The summed E-state index contributed by atoms with van der Waals surface area (Å²) in [6.07, 6.45) is 3.07. The van der Waals surface area contributed by atoms with Gasteiger partial charge >= 0.3 is 0 Å². The third-order valence-electron chi connectivity index (χ3n) is 4.17. The van der Waals surface area contributed by atoms with Crippen LogP contribution in [0.5, 0.6) is 0 Å². The van der Waals surface area contributed by atoms with Crippen LogP contribution in [-0.4, -0.2) is 13.0 Å². The van der Waals surface area contributed by atoms with Gasteiger partial charge in [-0.2, -0.15) is 5.26 Å². The Kier molecular flexibility index (Phi) is 4.56. The van der Waals surface area contributed by atoms with Crippen LogP contribution in [0.4, 0.5) is 0 Å². The standard InChI is InChI=1S/C15H24N2O/c1-10(2)11-6-7-15(3,4)8-12(11)13(9-16)14(18)17-5/h11-13H,1,6-8H2,2-5H3,(H,17,18)/t11-,12+,13?/m1/s1. The number of amides is 1. The monoisotopic (exact) mass is 248 g/mol. The second kappa shape index (κ2) is 5.56. The SMILES string of the molecule is C=C(C)[C@H]1CCC(C)(C)C[C@@H]1C(C#N)C(=O)NC. The van der Waals surface area contributed by atoms with Crippen molar-refractivity contribution in [1.29, 1.82) is 5.26 Å². The van der Waals surface area contributed by atoms with Gasteiger partial charge in [0, 0.05) is 7.05 Å². The maximum absolute atomic E-state index is 11.9. The third kappa shape index (κ3) is 3.13. The molecule has 0 spiro atoms. The van der Waals surface area contributed by atoms with Crippen LogP contribution in [0.25, 0.3) is 0 Å². The molecule has 0 bridgehead atoms. The normalized spacial score (nSPS) is 27.9. The molecular weight excluding hydrogens is 224 g/mol. The molecule has 1 aliphatic rings. The molecule has 0 saturated heterocycles. The molecule has 0 aliphatic heterocycles. The number of rotatable bonds is 3. The van der Waals surface area contributed by atoms with Crippen molar-refractivity contribution in [3.05, 3.63) is 12.2 Å². The number of nitrogens with zero attached hydrogens (tertiary/aromatic N) is 1. The minimum absolute atomic E-state index is 0.0937. The van der Waals surface area contributed by atoms with Crippen LogP contribution in [-0.2, 0) is 4.79 Å². The highest BCUT2D eigenvalue weighted by atomic mass is 16.1. The Labute approximate surface area is 110 Å². The molecule has 3 heteroatoms. The lowest BCUT2D eigenvalue weighted by atomic mass is 9.62. The van der Waals surface area contributed by atoms with E-state index in [-0.39, 0.29) is 17.2 Å². The van der Waals surface area contributed by atoms with Crippen LogP contribution >= 0.6 is 0 Å². The Morgan fingerprint density at radius 2 is 2.17 bits per heavy atom. The highest BCUT2D eigenvalue weighted by Crippen LogP contribution is 2.47. The lowest BCUT2D eigenvalue weighted by Crippen LogP contribution is -2.40. The van der Waals surface area contributed by atoms with E-state index in [9.17, 15) is 10.1 Å². The lowest BCUT2D eigenvalue weighted by molar-refractivity contribution is -0.125. The minimum Gasteiger partial charge on any atom is -0.358 e. The zero-order valence-electron chi connectivity index (χ0n) is 11.9. The predicted molar refractivity (Wildman–Crippen MR) is 72.6 cm³/mol. The molecule has 18 heavy (non-hydrogen) atoms. The number of nitriles is 1. The van der Waals surface area contributed by atoms with Crippen molar-refractivity contribution in [3.8, 4) is 6.07 Å². The quantitative estimate of drug-likeness (QED) is 0.781.